The van der Waals surface area contributed by atoms with Gasteiger partial charge in [-0.3, -0.25) is 0 Å². The number of rotatable bonds is 5. The molecule has 1 aromatic carbocycles. The highest BCUT2D eigenvalue weighted by molar-refractivity contribution is 6.30. The number of nitrogens with one attached hydrogen (secondary N) is 1. The molecule has 2 heteroatoms. The zero-order chi connectivity index (χ0) is 11.8. The average molecular weight is 236 g/mol. The van der Waals surface area contributed by atoms with Gasteiger partial charge in [-0.2, -0.15) is 0 Å². The molecule has 0 fully saturated rings. The summed E-state index contributed by atoms with van der Waals surface area (Å²) in [6, 6.07) is 8.45. The summed E-state index contributed by atoms with van der Waals surface area (Å²) in [7, 11) is 0. The minimum atomic E-state index is 0.429. The van der Waals surface area contributed by atoms with Gasteiger partial charge in [-0.15, -0.1) is 11.8 Å². The van der Waals surface area contributed by atoms with E-state index in [2.05, 4.69) is 36.2 Å². The zero-order valence-electron chi connectivity index (χ0n) is 9.89. The van der Waals surface area contributed by atoms with Crippen molar-refractivity contribution in [3.8, 4) is 11.8 Å². The number of hydrogen-bond acceptors (Lipinski definition) is 1. The fourth-order valence-electron chi connectivity index (χ4n) is 1.64. The zero-order valence-corrected chi connectivity index (χ0v) is 10.6. The van der Waals surface area contributed by atoms with E-state index in [0.717, 1.165) is 24.4 Å². The molecule has 86 valence electrons. The molecule has 0 spiro atoms. The van der Waals surface area contributed by atoms with E-state index in [1.807, 2.05) is 19.1 Å². The summed E-state index contributed by atoms with van der Waals surface area (Å²) in [6.07, 6.45) is 1.90. The molecule has 0 saturated heterocycles. The molecular formula is C14H18ClN. The Morgan fingerprint density at radius 1 is 1.31 bits per heavy atom. The second-order valence-corrected chi connectivity index (χ2v) is 4.15. The monoisotopic (exact) mass is 235 g/mol. The second-order valence-electron chi connectivity index (χ2n) is 3.72. The molecule has 0 aliphatic heterocycles. The summed E-state index contributed by atoms with van der Waals surface area (Å²) in [4.78, 5) is 0. The third-order valence-corrected chi connectivity index (χ3v) is 2.67. The maximum Gasteiger partial charge on any atom is 0.0406 e. The Balaban J connectivity index is 2.58. The van der Waals surface area contributed by atoms with Crippen LogP contribution in [0.25, 0.3) is 0 Å². The van der Waals surface area contributed by atoms with Crippen molar-refractivity contribution in [2.24, 2.45) is 0 Å². The minimum absolute atomic E-state index is 0.429. The van der Waals surface area contributed by atoms with Gasteiger partial charge in [0.15, 0.2) is 0 Å². The van der Waals surface area contributed by atoms with Gasteiger partial charge >= 0.3 is 0 Å². The first-order valence-electron chi connectivity index (χ1n) is 5.63. The Morgan fingerprint density at radius 3 is 2.56 bits per heavy atom. The van der Waals surface area contributed by atoms with E-state index in [1.165, 1.54) is 5.56 Å². The maximum atomic E-state index is 5.86. The van der Waals surface area contributed by atoms with Crippen LogP contribution >= 0.6 is 11.6 Å². The van der Waals surface area contributed by atoms with Gasteiger partial charge in [0.2, 0.25) is 0 Å². The first-order chi connectivity index (χ1) is 7.76. The Hall–Kier alpha value is -0.970. The molecule has 1 aromatic rings. The first-order valence-corrected chi connectivity index (χ1v) is 6.01. The molecule has 1 unspecified atom stereocenters. The SMILES string of the molecule is CC#CCC(Cc1ccc(Cl)cc1)NCC. The Bertz CT molecular complexity index is 359. The number of benzene rings is 1. The van der Waals surface area contributed by atoms with Crippen molar-refractivity contribution in [2.45, 2.75) is 32.7 Å². The van der Waals surface area contributed by atoms with Gasteiger partial charge in [0.25, 0.3) is 0 Å². The highest BCUT2D eigenvalue weighted by Crippen LogP contribution is 2.11. The van der Waals surface area contributed by atoms with Crippen LogP contribution in [0.4, 0.5) is 0 Å². The highest BCUT2D eigenvalue weighted by Gasteiger charge is 2.06. The molecule has 1 N–H and O–H groups in total. The van der Waals surface area contributed by atoms with Gasteiger partial charge in [0.05, 0.1) is 0 Å². The van der Waals surface area contributed by atoms with Gasteiger partial charge in [-0.1, -0.05) is 30.7 Å². The quantitative estimate of drug-likeness (QED) is 0.773. The van der Waals surface area contributed by atoms with Crippen LogP contribution in [0.5, 0.6) is 0 Å². The van der Waals surface area contributed by atoms with E-state index in [0.29, 0.717) is 6.04 Å². The van der Waals surface area contributed by atoms with Crippen LogP contribution in [0.2, 0.25) is 5.02 Å². The van der Waals surface area contributed by atoms with E-state index in [4.69, 9.17) is 11.6 Å². The van der Waals surface area contributed by atoms with E-state index in [-0.39, 0.29) is 0 Å². The van der Waals surface area contributed by atoms with Crippen molar-refractivity contribution in [2.75, 3.05) is 6.54 Å². The van der Waals surface area contributed by atoms with Crippen molar-refractivity contribution in [3.05, 3.63) is 34.9 Å². The minimum Gasteiger partial charge on any atom is -0.313 e. The topological polar surface area (TPSA) is 12.0 Å². The molecule has 0 heterocycles. The third kappa shape index (κ3) is 4.70. The van der Waals surface area contributed by atoms with Gasteiger partial charge in [-0.25, -0.2) is 0 Å². The lowest BCUT2D eigenvalue weighted by Gasteiger charge is -2.15. The summed E-state index contributed by atoms with van der Waals surface area (Å²) in [6.45, 7) is 4.98. The third-order valence-electron chi connectivity index (χ3n) is 2.41. The van der Waals surface area contributed by atoms with Crippen LogP contribution in [0, 0.1) is 11.8 Å². The summed E-state index contributed by atoms with van der Waals surface area (Å²) in [5.74, 6) is 6.07. The van der Waals surface area contributed by atoms with Crippen LogP contribution in [0.15, 0.2) is 24.3 Å². The standard InChI is InChI=1S/C14H18ClN/c1-3-5-6-14(16-4-2)11-12-7-9-13(15)10-8-12/h7-10,14,16H,4,6,11H2,1-2H3. The molecular weight excluding hydrogens is 218 g/mol. The Kier molecular flexibility index (Phi) is 6.00. The van der Waals surface area contributed by atoms with Crippen molar-refractivity contribution in [1.82, 2.24) is 5.32 Å². The van der Waals surface area contributed by atoms with Crippen LogP contribution in [0.3, 0.4) is 0 Å². The van der Waals surface area contributed by atoms with Crippen molar-refractivity contribution >= 4 is 11.6 Å². The molecule has 0 radical (unpaired) electrons. The van der Waals surface area contributed by atoms with Crippen LogP contribution in [0.1, 0.15) is 25.8 Å². The lowest BCUT2D eigenvalue weighted by molar-refractivity contribution is 0.535. The fraction of sp³-hybridized carbons (Fsp3) is 0.429. The van der Waals surface area contributed by atoms with Crippen molar-refractivity contribution < 1.29 is 0 Å². The maximum absolute atomic E-state index is 5.86. The highest BCUT2D eigenvalue weighted by atomic mass is 35.5. The molecule has 1 rings (SSSR count). The first kappa shape index (κ1) is 13.1. The predicted octanol–water partition coefficient (Wildman–Crippen LogP) is 3.27. The average Bonchev–Trinajstić information content (AvgIpc) is 2.29. The fourth-order valence-corrected chi connectivity index (χ4v) is 1.76. The van der Waals surface area contributed by atoms with Crippen molar-refractivity contribution in [1.29, 1.82) is 0 Å². The lowest BCUT2D eigenvalue weighted by Crippen LogP contribution is -2.30. The Labute approximate surface area is 103 Å². The number of likely N-dealkylation sites (N-methyl/N-ethyl adjacent to an activating group) is 1. The molecule has 1 nitrogen and oxygen atoms in total. The summed E-state index contributed by atoms with van der Waals surface area (Å²) in [5, 5.41) is 4.23. The smallest absolute Gasteiger partial charge is 0.0406 e. The van der Waals surface area contributed by atoms with E-state index >= 15 is 0 Å². The van der Waals surface area contributed by atoms with Crippen LogP contribution < -0.4 is 5.32 Å². The molecule has 0 aliphatic rings. The molecule has 0 saturated carbocycles. The van der Waals surface area contributed by atoms with E-state index in [1.54, 1.807) is 0 Å². The largest absolute Gasteiger partial charge is 0.313 e. The van der Waals surface area contributed by atoms with Gasteiger partial charge in [-0.05, 0) is 37.6 Å². The second kappa shape index (κ2) is 7.33. The lowest BCUT2D eigenvalue weighted by atomic mass is 10.0. The molecule has 0 aromatic heterocycles. The number of halogens is 1. The Morgan fingerprint density at radius 2 is 2.00 bits per heavy atom. The van der Waals surface area contributed by atoms with Gasteiger partial charge in [0, 0.05) is 17.5 Å². The molecule has 16 heavy (non-hydrogen) atoms. The van der Waals surface area contributed by atoms with E-state index in [9.17, 15) is 0 Å². The number of hydrogen-bond donors (Lipinski definition) is 1. The summed E-state index contributed by atoms with van der Waals surface area (Å²) < 4.78 is 0. The molecule has 0 amide bonds. The molecule has 0 aliphatic carbocycles. The summed E-state index contributed by atoms with van der Waals surface area (Å²) >= 11 is 5.86. The normalized spacial score (nSPS) is 11.7. The van der Waals surface area contributed by atoms with Gasteiger partial charge < -0.3 is 5.32 Å². The van der Waals surface area contributed by atoms with Crippen LogP contribution in [-0.4, -0.2) is 12.6 Å². The summed E-state index contributed by atoms with van der Waals surface area (Å²) in [5.41, 5.74) is 1.30. The molecule has 1 atom stereocenters. The van der Waals surface area contributed by atoms with E-state index < -0.39 is 0 Å². The van der Waals surface area contributed by atoms with Crippen molar-refractivity contribution in [3.63, 3.8) is 0 Å². The van der Waals surface area contributed by atoms with Crippen LogP contribution in [-0.2, 0) is 6.42 Å². The predicted molar refractivity (Wildman–Crippen MR) is 70.7 cm³/mol. The molecule has 0 bridgehead atoms. The van der Waals surface area contributed by atoms with Gasteiger partial charge in [0.1, 0.15) is 0 Å².